The van der Waals surface area contributed by atoms with Crippen molar-refractivity contribution in [2.75, 3.05) is 24.5 Å². The second-order valence-electron chi connectivity index (χ2n) is 5.64. The summed E-state index contributed by atoms with van der Waals surface area (Å²) >= 11 is 3.58. The van der Waals surface area contributed by atoms with Crippen molar-refractivity contribution in [3.63, 3.8) is 0 Å². The number of hydrogen-bond acceptors (Lipinski definition) is 3. The molecule has 2 rings (SSSR count). The Kier molecular flexibility index (Phi) is 3.99. The van der Waals surface area contributed by atoms with Crippen LogP contribution in [0.1, 0.15) is 19.4 Å². The van der Waals surface area contributed by atoms with E-state index in [1.807, 2.05) is 0 Å². The maximum absolute atomic E-state index is 9.96. The van der Waals surface area contributed by atoms with Gasteiger partial charge in [-0.2, -0.15) is 0 Å². The van der Waals surface area contributed by atoms with Gasteiger partial charge in [-0.1, -0.05) is 22.0 Å². The minimum absolute atomic E-state index is 0.00776. The molecule has 0 aromatic heterocycles. The predicted octanol–water partition coefficient (Wildman–Crippen LogP) is 2.31. The molecule has 100 valence electrons. The van der Waals surface area contributed by atoms with E-state index in [1.54, 1.807) is 0 Å². The molecule has 0 aliphatic carbocycles. The van der Waals surface area contributed by atoms with Gasteiger partial charge in [-0.15, -0.1) is 0 Å². The Morgan fingerprint density at radius 3 is 2.83 bits per heavy atom. The lowest BCUT2D eigenvalue weighted by atomic mass is 10.0. The highest BCUT2D eigenvalue weighted by molar-refractivity contribution is 9.10. The molecule has 18 heavy (non-hydrogen) atoms. The Hall–Kier alpha value is -0.580. The third kappa shape index (κ3) is 2.87. The minimum Gasteiger partial charge on any atom is -0.390 e. The average Bonchev–Trinajstić information content (AvgIpc) is 2.41. The molecule has 0 amide bonds. The zero-order valence-corrected chi connectivity index (χ0v) is 12.8. The summed E-state index contributed by atoms with van der Waals surface area (Å²) in [4.78, 5) is 2.28. The number of halogens is 1. The van der Waals surface area contributed by atoms with Crippen LogP contribution in [0.5, 0.6) is 0 Å². The van der Waals surface area contributed by atoms with Crippen molar-refractivity contribution in [3.8, 4) is 0 Å². The smallest absolute Gasteiger partial charge is 0.0839 e. The number of rotatable bonds is 1. The van der Waals surface area contributed by atoms with Crippen LogP contribution < -0.4 is 10.2 Å². The van der Waals surface area contributed by atoms with Gasteiger partial charge < -0.3 is 15.3 Å². The van der Waals surface area contributed by atoms with Gasteiger partial charge in [0.15, 0.2) is 0 Å². The molecule has 2 N–H and O–H groups in total. The van der Waals surface area contributed by atoms with E-state index in [4.69, 9.17) is 0 Å². The largest absolute Gasteiger partial charge is 0.390 e. The van der Waals surface area contributed by atoms with Crippen molar-refractivity contribution >= 4 is 21.6 Å². The van der Waals surface area contributed by atoms with Crippen LogP contribution in [0.3, 0.4) is 0 Å². The van der Waals surface area contributed by atoms with Crippen LogP contribution in [-0.4, -0.2) is 36.4 Å². The molecule has 1 fully saturated rings. The second-order valence-corrected chi connectivity index (χ2v) is 6.50. The molecule has 1 atom stereocenters. The summed E-state index contributed by atoms with van der Waals surface area (Å²) < 4.78 is 1.11. The zero-order chi connectivity index (χ0) is 13.3. The van der Waals surface area contributed by atoms with Gasteiger partial charge in [0, 0.05) is 35.3 Å². The Bertz CT molecular complexity index is 434. The number of nitrogens with one attached hydrogen (secondary N) is 1. The molecular weight excluding hydrogens is 292 g/mol. The number of aliphatic hydroxyl groups is 1. The number of benzene rings is 1. The minimum atomic E-state index is -0.327. The first-order valence-corrected chi connectivity index (χ1v) is 7.12. The van der Waals surface area contributed by atoms with Crippen molar-refractivity contribution in [2.24, 2.45) is 0 Å². The molecule has 3 nitrogen and oxygen atoms in total. The maximum atomic E-state index is 9.96. The molecular formula is C14H21BrN2O. The standard InChI is InChI=1S/C14H21BrN2O/c1-10-4-5-11(6-13(10)15)17-8-12(18)7-16-9-14(17,2)3/h4-6,12,16,18H,7-9H2,1-3H3. The topological polar surface area (TPSA) is 35.5 Å². The van der Waals surface area contributed by atoms with Gasteiger partial charge in [0.25, 0.3) is 0 Å². The van der Waals surface area contributed by atoms with Crippen molar-refractivity contribution in [1.29, 1.82) is 0 Å². The van der Waals surface area contributed by atoms with E-state index in [0.29, 0.717) is 13.1 Å². The molecule has 0 saturated carbocycles. The molecule has 1 heterocycles. The first kappa shape index (κ1) is 13.8. The van der Waals surface area contributed by atoms with E-state index in [-0.39, 0.29) is 11.6 Å². The van der Waals surface area contributed by atoms with E-state index >= 15 is 0 Å². The van der Waals surface area contributed by atoms with Crippen LogP contribution in [0, 0.1) is 6.92 Å². The maximum Gasteiger partial charge on any atom is 0.0839 e. The molecule has 1 aliphatic heterocycles. The van der Waals surface area contributed by atoms with Gasteiger partial charge in [-0.3, -0.25) is 0 Å². The average molecular weight is 313 g/mol. The number of hydrogen-bond donors (Lipinski definition) is 2. The van der Waals surface area contributed by atoms with Crippen molar-refractivity contribution < 1.29 is 5.11 Å². The van der Waals surface area contributed by atoms with Crippen molar-refractivity contribution in [3.05, 3.63) is 28.2 Å². The highest BCUT2D eigenvalue weighted by Gasteiger charge is 2.31. The molecule has 0 spiro atoms. The van der Waals surface area contributed by atoms with Crippen LogP contribution in [-0.2, 0) is 0 Å². The summed E-state index contributed by atoms with van der Waals surface area (Å²) in [6.07, 6.45) is -0.327. The van der Waals surface area contributed by atoms with E-state index in [0.717, 1.165) is 16.7 Å². The number of aryl methyl sites for hydroxylation is 1. The Morgan fingerprint density at radius 1 is 1.44 bits per heavy atom. The van der Waals surface area contributed by atoms with E-state index in [1.165, 1.54) is 5.56 Å². The third-order valence-corrected chi connectivity index (χ3v) is 4.38. The van der Waals surface area contributed by atoms with Gasteiger partial charge in [0.1, 0.15) is 0 Å². The molecule has 4 heteroatoms. The quantitative estimate of drug-likeness (QED) is 0.835. The Balaban J connectivity index is 2.35. The van der Waals surface area contributed by atoms with Crippen LogP contribution in [0.2, 0.25) is 0 Å². The lowest BCUT2D eigenvalue weighted by molar-refractivity contribution is 0.183. The highest BCUT2D eigenvalue weighted by Crippen LogP contribution is 2.29. The lowest BCUT2D eigenvalue weighted by Gasteiger charge is -2.39. The number of aliphatic hydroxyl groups excluding tert-OH is 1. The fraction of sp³-hybridized carbons (Fsp3) is 0.571. The van der Waals surface area contributed by atoms with Crippen LogP contribution in [0.25, 0.3) is 0 Å². The normalized spacial score (nSPS) is 23.8. The first-order valence-electron chi connectivity index (χ1n) is 6.33. The summed E-state index contributed by atoms with van der Waals surface area (Å²) in [6.45, 7) is 8.67. The molecule has 1 unspecified atom stereocenters. The Morgan fingerprint density at radius 2 is 2.17 bits per heavy atom. The van der Waals surface area contributed by atoms with Crippen LogP contribution >= 0.6 is 15.9 Å². The SMILES string of the molecule is Cc1ccc(N2CC(O)CNCC2(C)C)cc1Br. The van der Waals surface area contributed by atoms with E-state index in [2.05, 4.69) is 65.1 Å². The molecule has 1 aromatic rings. The molecule has 1 aromatic carbocycles. The van der Waals surface area contributed by atoms with Gasteiger partial charge in [-0.05, 0) is 38.5 Å². The summed E-state index contributed by atoms with van der Waals surface area (Å²) in [5.41, 5.74) is 2.37. The van der Waals surface area contributed by atoms with Gasteiger partial charge >= 0.3 is 0 Å². The molecule has 0 bridgehead atoms. The predicted molar refractivity (Wildman–Crippen MR) is 79.2 cm³/mol. The molecule has 0 radical (unpaired) electrons. The summed E-state index contributed by atoms with van der Waals surface area (Å²) in [5, 5.41) is 13.3. The number of anilines is 1. The fourth-order valence-electron chi connectivity index (χ4n) is 2.37. The number of nitrogens with zero attached hydrogens (tertiary/aromatic N) is 1. The summed E-state index contributed by atoms with van der Waals surface area (Å²) in [5.74, 6) is 0. The monoisotopic (exact) mass is 312 g/mol. The zero-order valence-electron chi connectivity index (χ0n) is 11.2. The molecule has 1 saturated heterocycles. The number of β-amino-alcohol motifs (C(OH)–C–C–N with tert-alkyl or cyclic N) is 1. The summed E-state index contributed by atoms with van der Waals surface area (Å²) in [7, 11) is 0. The van der Waals surface area contributed by atoms with Gasteiger partial charge in [0.05, 0.1) is 6.10 Å². The van der Waals surface area contributed by atoms with Gasteiger partial charge in [0.2, 0.25) is 0 Å². The molecule has 1 aliphatic rings. The third-order valence-electron chi connectivity index (χ3n) is 3.53. The van der Waals surface area contributed by atoms with Gasteiger partial charge in [-0.25, -0.2) is 0 Å². The van der Waals surface area contributed by atoms with Crippen molar-refractivity contribution in [2.45, 2.75) is 32.4 Å². The fourth-order valence-corrected chi connectivity index (χ4v) is 2.73. The summed E-state index contributed by atoms with van der Waals surface area (Å²) in [6, 6.07) is 6.37. The van der Waals surface area contributed by atoms with Crippen LogP contribution in [0.4, 0.5) is 5.69 Å². The van der Waals surface area contributed by atoms with E-state index in [9.17, 15) is 5.11 Å². The first-order chi connectivity index (χ1) is 8.40. The highest BCUT2D eigenvalue weighted by atomic mass is 79.9. The van der Waals surface area contributed by atoms with E-state index < -0.39 is 0 Å². The Labute approximate surface area is 117 Å². The van der Waals surface area contributed by atoms with Crippen LogP contribution in [0.15, 0.2) is 22.7 Å². The lowest BCUT2D eigenvalue weighted by Crippen LogP contribution is -2.49. The van der Waals surface area contributed by atoms with Crippen molar-refractivity contribution in [1.82, 2.24) is 5.32 Å². The second kappa shape index (κ2) is 5.19.